The van der Waals surface area contributed by atoms with Crippen LogP contribution in [0.15, 0.2) is 41.4 Å². The molecule has 1 amide bonds. The topological polar surface area (TPSA) is 85.2 Å². The molecule has 0 bridgehead atoms. The van der Waals surface area contributed by atoms with E-state index in [9.17, 15) is 4.79 Å². The van der Waals surface area contributed by atoms with Crippen LogP contribution >= 0.6 is 15.9 Å². The zero-order chi connectivity index (χ0) is 22.4. The van der Waals surface area contributed by atoms with Crippen molar-refractivity contribution in [2.45, 2.75) is 45.8 Å². The summed E-state index contributed by atoms with van der Waals surface area (Å²) in [5.41, 5.74) is 2.43. The minimum atomic E-state index is -0.361. The van der Waals surface area contributed by atoms with Gasteiger partial charge in [0.15, 0.2) is 21.7 Å². The molecule has 0 aliphatic carbocycles. The van der Waals surface area contributed by atoms with E-state index in [4.69, 9.17) is 4.74 Å². The first-order chi connectivity index (χ1) is 14.8. The lowest BCUT2D eigenvalue weighted by atomic mass is 10.2. The third-order valence-corrected chi connectivity index (χ3v) is 5.27. The Kier molecular flexibility index (Phi) is 7.48. The number of halogens is 1. The van der Waals surface area contributed by atoms with Crippen LogP contribution in [-0.4, -0.2) is 56.3 Å². The quantitative estimate of drug-likeness (QED) is 0.537. The maximum atomic E-state index is 11.4. The van der Waals surface area contributed by atoms with Crippen molar-refractivity contribution in [1.29, 1.82) is 0 Å². The molecule has 166 valence electrons. The smallest absolute Gasteiger partial charge is 0.410 e. The molecule has 3 heterocycles. The molecule has 1 aromatic carbocycles. The first kappa shape index (κ1) is 23.0. The summed E-state index contributed by atoms with van der Waals surface area (Å²) in [6.07, 6.45) is 3.60. The molecule has 0 atom stereocenters. The number of benzene rings is 1. The lowest BCUT2D eigenvalue weighted by Crippen LogP contribution is -2.34. The summed E-state index contributed by atoms with van der Waals surface area (Å²) in [5, 5.41) is 3.03. The maximum absolute atomic E-state index is 11.4. The van der Waals surface area contributed by atoms with Crippen LogP contribution in [0.25, 0.3) is 11.2 Å². The summed E-state index contributed by atoms with van der Waals surface area (Å²) in [4.78, 5) is 26.1. The van der Waals surface area contributed by atoms with Crippen LogP contribution in [0.1, 0.15) is 39.2 Å². The first-order valence-corrected chi connectivity index (χ1v) is 11.1. The fourth-order valence-corrected chi connectivity index (χ4v) is 3.70. The number of amides is 1. The average molecular weight is 489 g/mol. The van der Waals surface area contributed by atoms with Crippen molar-refractivity contribution in [2.24, 2.45) is 0 Å². The van der Waals surface area contributed by atoms with Gasteiger partial charge in [0.05, 0.1) is 6.54 Å². The Morgan fingerprint density at radius 3 is 2.45 bits per heavy atom. The molecule has 1 aliphatic heterocycles. The van der Waals surface area contributed by atoms with Gasteiger partial charge in [-0.05, 0) is 55.1 Å². The zero-order valence-corrected chi connectivity index (χ0v) is 20.0. The van der Waals surface area contributed by atoms with E-state index >= 15 is 0 Å². The van der Waals surface area contributed by atoms with Gasteiger partial charge < -0.3 is 15.0 Å². The number of imidazole rings is 1. The number of fused-ring (bicyclic) bond motifs is 1. The van der Waals surface area contributed by atoms with Crippen LogP contribution in [0.3, 0.4) is 0 Å². The highest BCUT2D eigenvalue weighted by Gasteiger charge is 2.23. The number of likely N-dealkylation sites (tertiary alicyclic amines) is 1. The van der Waals surface area contributed by atoms with Crippen molar-refractivity contribution in [1.82, 2.24) is 24.4 Å². The van der Waals surface area contributed by atoms with E-state index in [0.717, 1.165) is 54.2 Å². The highest BCUT2D eigenvalue weighted by Crippen LogP contribution is 2.23. The predicted molar refractivity (Wildman–Crippen MR) is 125 cm³/mol. The number of nitrogens with one attached hydrogen (secondary N) is 1. The number of carbonyl (C=O) groups is 1. The monoisotopic (exact) mass is 488 g/mol. The third kappa shape index (κ3) is 6.16. The molecule has 2 aromatic heterocycles. The maximum Gasteiger partial charge on any atom is 0.410 e. The molecule has 1 fully saturated rings. The van der Waals surface area contributed by atoms with Crippen LogP contribution in [-0.2, 0) is 11.3 Å². The largest absolute Gasteiger partial charge is 0.444 e. The van der Waals surface area contributed by atoms with E-state index < -0.39 is 0 Å². The number of rotatable bonds is 3. The highest BCUT2D eigenvalue weighted by molar-refractivity contribution is 9.10. The van der Waals surface area contributed by atoms with Gasteiger partial charge in [0.25, 0.3) is 0 Å². The molecule has 8 nitrogen and oxygen atoms in total. The summed E-state index contributed by atoms with van der Waals surface area (Å²) < 4.78 is 7.98. The number of hydrogen-bond acceptors (Lipinski definition) is 6. The van der Waals surface area contributed by atoms with Crippen LogP contribution in [0, 0.1) is 0 Å². The van der Waals surface area contributed by atoms with Crippen molar-refractivity contribution < 1.29 is 9.53 Å². The minimum Gasteiger partial charge on any atom is -0.444 e. The Hall–Kier alpha value is -2.68. The molecule has 4 rings (SSSR count). The van der Waals surface area contributed by atoms with Crippen molar-refractivity contribution in [3.63, 3.8) is 0 Å². The minimum absolute atomic E-state index is 0.167. The lowest BCUT2D eigenvalue weighted by Gasteiger charge is -2.23. The average Bonchev–Trinajstić information content (AvgIpc) is 3.37. The molecule has 0 saturated carbocycles. The van der Waals surface area contributed by atoms with E-state index in [0.29, 0.717) is 0 Å². The predicted octanol–water partition coefficient (Wildman–Crippen LogP) is 4.70. The number of carbonyl (C=O) groups excluding carboxylic acids is 1. The second-order valence-corrected chi connectivity index (χ2v) is 8.98. The van der Waals surface area contributed by atoms with E-state index in [1.807, 2.05) is 50.6 Å². The molecule has 1 aliphatic rings. The van der Waals surface area contributed by atoms with Crippen LogP contribution in [0.5, 0.6) is 0 Å². The highest BCUT2D eigenvalue weighted by atomic mass is 79.9. The lowest BCUT2D eigenvalue weighted by molar-refractivity contribution is 0.0295. The summed E-state index contributed by atoms with van der Waals surface area (Å²) >= 11 is 3.49. The Balaban J connectivity index is 0.000000196. The second kappa shape index (κ2) is 10.1. The van der Waals surface area contributed by atoms with Crippen LogP contribution in [0.4, 0.5) is 10.6 Å². The van der Waals surface area contributed by atoms with Gasteiger partial charge in [0.2, 0.25) is 0 Å². The Bertz CT molecular complexity index is 1010. The van der Waals surface area contributed by atoms with Crippen molar-refractivity contribution in [3.8, 4) is 0 Å². The first-order valence-electron chi connectivity index (χ1n) is 10.3. The van der Waals surface area contributed by atoms with Crippen LogP contribution in [0.2, 0.25) is 0 Å². The number of aromatic nitrogens is 4. The zero-order valence-electron chi connectivity index (χ0n) is 18.4. The Labute approximate surface area is 191 Å². The van der Waals surface area contributed by atoms with Gasteiger partial charge in [0, 0.05) is 20.1 Å². The van der Waals surface area contributed by atoms with Gasteiger partial charge in [-0.2, -0.15) is 0 Å². The summed E-state index contributed by atoms with van der Waals surface area (Å²) in [5.74, 6) is 0.734. The Morgan fingerprint density at radius 2 is 1.84 bits per heavy atom. The van der Waals surface area contributed by atoms with E-state index in [2.05, 4.69) is 48.3 Å². The fourth-order valence-electron chi connectivity index (χ4n) is 3.23. The number of ether oxygens (including phenoxy) is 1. The van der Waals surface area contributed by atoms with Crippen molar-refractivity contribution >= 4 is 39.0 Å². The standard InChI is InChI=1S/C13H12BrN5.C9H17NO2/c1-15-11-10-12(17-8-16-11)19(13(14)18-10)7-9-5-3-2-4-6-9;1-9(2,3)12-8(11)10-6-4-5-7-10/h2-6,8H,7H2,1H3,(H,15,16,17);4-7H2,1-3H3. The number of hydrogen-bond donors (Lipinski definition) is 1. The molecule has 1 N–H and O–H groups in total. The molecule has 31 heavy (non-hydrogen) atoms. The normalized spacial score (nSPS) is 13.6. The SMILES string of the molecule is CC(C)(C)OC(=O)N1CCCC1.CNc1ncnc2c1nc(Br)n2Cc1ccccc1. The van der Waals surface area contributed by atoms with Gasteiger partial charge in [-0.3, -0.25) is 4.57 Å². The summed E-state index contributed by atoms with van der Waals surface area (Å²) in [6, 6.07) is 10.2. The molecular formula is C22H29BrN6O2. The van der Waals surface area contributed by atoms with Gasteiger partial charge in [-0.25, -0.2) is 19.7 Å². The molecule has 0 radical (unpaired) electrons. The van der Waals surface area contributed by atoms with Gasteiger partial charge in [-0.1, -0.05) is 30.3 Å². The van der Waals surface area contributed by atoms with Crippen LogP contribution < -0.4 is 5.32 Å². The molecule has 9 heteroatoms. The molecule has 1 saturated heterocycles. The molecular weight excluding hydrogens is 460 g/mol. The Morgan fingerprint density at radius 1 is 1.16 bits per heavy atom. The van der Waals surface area contributed by atoms with Gasteiger partial charge in [-0.15, -0.1) is 0 Å². The summed E-state index contributed by atoms with van der Waals surface area (Å²) in [6.45, 7) is 8.10. The molecule has 0 unspecified atom stereocenters. The molecule has 3 aromatic rings. The van der Waals surface area contributed by atoms with Crippen molar-refractivity contribution in [2.75, 3.05) is 25.5 Å². The van der Waals surface area contributed by atoms with E-state index in [1.54, 1.807) is 11.2 Å². The fraction of sp³-hybridized carbons (Fsp3) is 0.455. The third-order valence-electron chi connectivity index (χ3n) is 4.66. The van der Waals surface area contributed by atoms with Crippen molar-refractivity contribution in [3.05, 3.63) is 47.0 Å². The van der Waals surface area contributed by atoms with E-state index in [-0.39, 0.29) is 11.7 Å². The second-order valence-electron chi connectivity index (χ2n) is 8.27. The summed E-state index contributed by atoms with van der Waals surface area (Å²) in [7, 11) is 1.83. The van der Waals surface area contributed by atoms with Gasteiger partial charge >= 0.3 is 6.09 Å². The van der Waals surface area contributed by atoms with E-state index in [1.165, 1.54) is 5.56 Å². The number of nitrogens with zero attached hydrogens (tertiary/aromatic N) is 5. The number of anilines is 1. The van der Waals surface area contributed by atoms with Gasteiger partial charge in [0.1, 0.15) is 11.9 Å². The molecule has 0 spiro atoms.